The fourth-order valence-corrected chi connectivity index (χ4v) is 2.92. The Labute approximate surface area is 136 Å². The zero-order valence-corrected chi connectivity index (χ0v) is 14.1. The monoisotopic (exact) mass is 322 g/mol. The van der Waals surface area contributed by atoms with E-state index in [1.165, 1.54) is 0 Å². The highest BCUT2D eigenvalue weighted by Crippen LogP contribution is 2.28. The summed E-state index contributed by atoms with van der Waals surface area (Å²) in [7, 11) is 0. The largest absolute Gasteiger partial charge is 0.353 e. The first-order valence-electron chi connectivity index (χ1n) is 7.79. The number of rotatable bonds is 5. The van der Waals surface area contributed by atoms with E-state index in [0.717, 1.165) is 24.1 Å². The minimum absolute atomic E-state index is 0.0248. The van der Waals surface area contributed by atoms with Crippen LogP contribution in [0.25, 0.3) is 0 Å². The summed E-state index contributed by atoms with van der Waals surface area (Å²) in [5.74, 6) is -0.342. The molecule has 2 amide bonds. The number of carbonyl (C=O) groups excluding carboxylic acids is 2. The number of halogens is 1. The van der Waals surface area contributed by atoms with Crippen LogP contribution in [0.15, 0.2) is 18.2 Å². The zero-order valence-electron chi connectivity index (χ0n) is 13.4. The lowest BCUT2D eigenvalue weighted by atomic mass is 10.1. The van der Waals surface area contributed by atoms with Crippen LogP contribution in [0.2, 0.25) is 5.02 Å². The van der Waals surface area contributed by atoms with Crippen LogP contribution >= 0.6 is 11.6 Å². The van der Waals surface area contributed by atoms with E-state index in [0.29, 0.717) is 11.6 Å². The maximum absolute atomic E-state index is 12.3. The molecule has 1 heterocycles. The maximum atomic E-state index is 12.3. The molecular weight excluding hydrogens is 300 g/mol. The number of benzene rings is 1. The average Bonchev–Trinajstić information content (AvgIpc) is 2.84. The molecule has 0 bridgehead atoms. The van der Waals surface area contributed by atoms with Gasteiger partial charge in [0.15, 0.2) is 0 Å². The molecular formula is C17H23ClN2O2. The second kappa shape index (κ2) is 7.14. The first-order valence-corrected chi connectivity index (χ1v) is 8.17. The Balaban J connectivity index is 2.04. The SMILES string of the molecule is CCCC(C)NC(=O)C1CC(=O)N(c2ccc(C)c(Cl)c2)C1. The third kappa shape index (κ3) is 3.80. The van der Waals surface area contributed by atoms with E-state index >= 15 is 0 Å². The van der Waals surface area contributed by atoms with Gasteiger partial charge >= 0.3 is 0 Å². The molecule has 1 fully saturated rings. The van der Waals surface area contributed by atoms with Gasteiger partial charge in [0.2, 0.25) is 11.8 Å². The Kier molecular flexibility index (Phi) is 5.46. The second-order valence-corrected chi connectivity index (χ2v) is 6.44. The first kappa shape index (κ1) is 16.8. The molecule has 1 aromatic carbocycles. The van der Waals surface area contributed by atoms with E-state index in [-0.39, 0.29) is 30.2 Å². The molecule has 0 aromatic heterocycles. The van der Waals surface area contributed by atoms with Gasteiger partial charge < -0.3 is 10.2 Å². The number of aryl methyl sites for hydroxylation is 1. The molecule has 0 saturated carbocycles. The third-order valence-electron chi connectivity index (χ3n) is 4.07. The van der Waals surface area contributed by atoms with Crippen LogP contribution in [-0.2, 0) is 9.59 Å². The van der Waals surface area contributed by atoms with Gasteiger partial charge in [0.25, 0.3) is 0 Å². The Morgan fingerprint density at radius 3 is 2.86 bits per heavy atom. The topological polar surface area (TPSA) is 49.4 Å². The van der Waals surface area contributed by atoms with Crippen LogP contribution < -0.4 is 10.2 Å². The Morgan fingerprint density at radius 2 is 2.23 bits per heavy atom. The van der Waals surface area contributed by atoms with Gasteiger partial charge in [0.05, 0.1) is 5.92 Å². The van der Waals surface area contributed by atoms with Gasteiger partial charge in [0.1, 0.15) is 0 Å². The predicted octanol–water partition coefficient (Wildman–Crippen LogP) is 3.31. The van der Waals surface area contributed by atoms with Crippen LogP contribution in [-0.4, -0.2) is 24.4 Å². The van der Waals surface area contributed by atoms with Gasteiger partial charge in [-0.1, -0.05) is 31.0 Å². The summed E-state index contributed by atoms with van der Waals surface area (Å²) in [5.41, 5.74) is 1.73. The Hall–Kier alpha value is -1.55. The van der Waals surface area contributed by atoms with Crippen molar-refractivity contribution in [1.29, 1.82) is 0 Å². The maximum Gasteiger partial charge on any atom is 0.227 e. The summed E-state index contributed by atoms with van der Waals surface area (Å²) in [4.78, 5) is 26.1. The lowest BCUT2D eigenvalue weighted by molar-refractivity contribution is -0.126. The molecule has 22 heavy (non-hydrogen) atoms. The van der Waals surface area contributed by atoms with E-state index in [2.05, 4.69) is 12.2 Å². The molecule has 120 valence electrons. The number of anilines is 1. The van der Waals surface area contributed by atoms with Crippen molar-refractivity contribution in [3.8, 4) is 0 Å². The third-order valence-corrected chi connectivity index (χ3v) is 4.48. The standard InChI is InChI=1S/C17H23ClN2O2/c1-4-5-12(3)19-17(22)13-8-16(21)20(10-13)14-7-6-11(2)15(18)9-14/h6-7,9,12-13H,4-5,8,10H2,1-3H3,(H,19,22). The molecule has 1 saturated heterocycles. The lowest BCUT2D eigenvalue weighted by Gasteiger charge is -2.19. The fourth-order valence-electron chi connectivity index (χ4n) is 2.75. The summed E-state index contributed by atoms with van der Waals surface area (Å²) in [5, 5.41) is 3.63. The van der Waals surface area contributed by atoms with Crippen molar-refractivity contribution in [2.45, 2.75) is 46.1 Å². The molecule has 0 spiro atoms. The van der Waals surface area contributed by atoms with Crippen LogP contribution in [0.4, 0.5) is 5.69 Å². The van der Waals surface area contributed by atoms with Crippen LogP contribution in [0.1, 0.15) is 38.7 Å². The minimum Gasteiger partial charge on any atom is -0.353 e. The van der Waals surface area contributed by atoms with E-state index in [4.69, 9.17) is 11.6 Å². The van der Waals surface area contributed by atoms with Crippen LogP contribution in [0, 0.1) is 12.8 Å². The first-order chi connectivity index (χ1) is 10.4. The van der Waals surface area contributed by atoms with Crippen molar-refractivity contribution in [3.63, 3.8) is 0 Å². The number of nitrogens with one attached hydrogen (secondary N) is 1. The predicted molar refractivity (Wildman–Crippen MR) is 89.2 cm³/mol. The molecule has 4 nitrogen and oxygen atoms in total. The molecule has 1 aliphatic rings. The van der Waals surface area contributed by atoms with Crippen molar-refractivity contribution >= 4 is 29.1 Å². The molecule has 0 aliphatic carbocycles. The highest BCUT2D eigenvalue weighted by Gasteiger charge is 2.35. The second-order valence-electron chi connectivity index (χ2n) is 6.04. The van der Waals surface area contributed by atoms with Crippen molar-refractivity contribution in [3.05, 3.63) is 28.8 Å². The van der Waals surface area contributed by atoms with Crippen molar-refractivity contribution in [2.75, 3.05) is 11.4 Å². The summed E-state index contributed by atoms with van der Waals surface area (Å²) >= 11 is 6.13. The normalized spacial score (nSPS) is 19.4. The highest BCUT2D eigenvalue weighted by atomic mass is 35.5. The van der Waals surface area contributed by atoms with E-state index in [1.54, 1.807) is 11.0 Å². The molecule has 5 heteroatoms. The highest BCUT2D eigenvalue weighted by molar-refractivity contribution is 6.31. The van der Waals surface area contributed by atoms with E-state index in [1.807, 2.05) is 26.0 Å². The summed E-state index contributed by atoms with van der Waals surface area (Å²) in [6, 6.07) is 5.70. The molecule has 1 N–H and O–H groups in total. The van der Waals surface area contributed by atoms with Gasteiger partial charge in [-0.25, -0.2) is 0 Å². The molecule has 0 radical (unpaired) electrons. The Morgan fingerprint density at radius 1 is 1.50 bits per heavy atom. The molecule has 1 aromatic rings. The molecule has 2 atom stereocenters. The van der Waals surface area contributed by atoms with Crippen LogP contribution in [0.3, 0.4) is 0 Å². The fraction of sp³-hybridized carbons (Fsp3) is 0.529. The number of carbonyl (C=O) groups is 2. The van der Waals surface area contributed by atoms with Crippen molar-refractivity contribution < 1.29 is 9.59 Å². The van der Waals surface area contributed by atoms with Gasteiger partial charge in [-0.05, 0) is 38.0 Å². The number of amides is 2. The lowest BCUT2D eigenvalue weighted by Crippen LogP contribution is -2.38. The van der Waals surface area contributed by atoms with Gasteiger partial charge in [-0.15, -0.1) is 0 Å². The molecule has 2 rings (SSSR count). The average molecular weight is 323 g/mol. The summed E-state index contributed by atoms with van der Waals surface area (Å²) in [6.45, 7) is 6.42. The number of nitrogens with zero attached hydrogens (tertiary/aromatic N) is 1. The van der Waals surface area contributed by atoms with E-state index in [9.17, 15) is 9.59 Å². The number of hydrogen-bond acceptors (Lipinski definition) is 2. The Bertz CT molecular complexity index is 574. The van der Waals surface area contributed by atoms with Gasteiger partial charge in [0, 0.05) is 29.7 Å². The quantitative estimate of drug-likeness (QED) is 0.904. The zero-order chi connectivity index (χ0) is 16.3. The summed E-state index contributed by atoms with van der Waals surface area (Å²) < 4.78 is 0. The minimum atomic E-state index is -0.285. The van der Waals surface area contributed by atoms with E-state index < -0.39 is 0 Å². The molecule has 1 aliphatic heterocycles. The molecule has 2 unspecified atom stereocenters. The van der Waals surface area contributed by atoms with Gasteiger partial charge in [-0.3, -0.25) is 9.59 Å². The van der Waals surface area contributed by atoms with Crippen molar-refractivity contribution in [1.82, 2.24) is 5.32 Å². The van der Waals surface area contributed by atoms with Crippen LogP contribution in [0.5, 0.6) is 0 Å². The number of hydrogen-bond donors (Lipinski definition) is 1. The smallest absolute Gasteiger partial charge is 0.227 e. The summed E-state index contributed by atoms with van der Waals surface area (Å²) in [6.07, 6.45) is 2.24. The van der Waals surface area contributed by atoms with Crippen molar-refractivity contribution in [2.24, 2.45) is 5.92 Å². The van der Waals surface area contributed by atoms with Gasteiger partial charge in [-0.2, -0.15) is 0 Å².